The second-order valence-electron chi connectivity index (χ2n) is 6.56. The van der Waals surface area contributed by atoms with Crippen LogP contribution in [0, 0.1) is 5.82 Å². The molecule has 1 rings (SSSR count). The quantitative estimate of drug-likeness (QED) is 0.126. The molecule has 0 aromatic heterocycles. The molecule has 174 valence electrons. The topological polar surface area (TPSA) is 80.3 Å². The summed E-state index contributed by atoms with van der Waals surface area (Å²) in [5.74, 6) is -1.86. The van der Waals surface area contributed by atoms with Crippen LogP contribution in [-0.2, 0) is 27.6 Å². The van der Waals surface area contributed by atoms with Crippen LogP contribution in [0.2, 0.25) is 6.04 Å². The number of halogens is 1. The smallest absolute Gasteiger partial charge is 0.466 e. The van der Waals surface area contributed by atoms with E-state index in [1.54, 1.807) is 6.07 Å². The van der Waals surface area contributed by atoms with Gasteiger partial charge < -0.3 is 22.8 Å². The first-order chi connectivity index (χ1) is 14.9. The molecule has 0 spiro atoms. The van der Waals surface area contributed by atoms with Crippen LogP contribution >= 0.6 is 0 Å². The number of hydrogen-bond donors (Lipinski definition) is 0. The summed E-state index contributed by atoms with van der Waals surface area (Å²) in [6.07, 6.45) is 4.95. The van der Waals surface area contributed by atoms with Gasteiger partial charge in [-0.1, -0.05) is 12.5 Å². The zero-order valence-electron chi connectivity index (χ0n) is 18.8. The van der Waals surface area contributed by atoms with Gasteiger partial charge in [-0.2, -0.15) is 0 Å². The van der Waals surface area contributed by atoms with Crippen molar-refractivity contribution >= 4 is 26.8 Å². The van der Waals surface area contributed by atoms with Gasteiger partial charge in [0.15, 0.2) is 11.6 Å². The Kier molecular flexibility index (Phi) is 12.9. The number of hydrogen-bond acceptors (Lipinski definition) is 7. The maximum absolute atomic E-state index is 14.1. The Labute approximate surface area is 184 Å². The highest BCUT2D eigenvalue weighted by Gasteiger charge is 2.39. The Hall–Kier alpha value is -2.07. The summed E-state index contributed by atoms with van der Waals surface area (Å²) in [6.45, 7) is 7.33. The molecule has 0 saturated carbocycles. The molecule has 9 heteroatoms. The first kappa shape index (κ1) is 27.0. The van der Waals surface area contributed by atoms with Gasteiger partial charge in [0.2, 0.25) is 0 Å². The second kappa shape index (κ2) is 14.8. The number of rotatable bonds is 15. The number of benzene rings is 1. The molecule has 0 saturated heterocycles. The summed E-state index contributed by atoms with van der Waals surface area (Å²) < 4.78 is 41.2. The molecule has 7 nitrogen and oxygen atoms in total. The van der Waals surface area contributed by atoms with Crippen LogP contribution in [-0.4, -0.2) is 47.7 Å². The number of methoxy groups -OCH3 is 1. The fourth-order valence-corrected chi connectivity index (χ4v) is 5.58. The van der Waals surface area contributed by atoms with Gasteiger partial charge in [-0.3, -0.25) is 4.79 Å². The minimum absolute atomic E-state index is 0.143. The molecule has 0 aliphatic carbocycles. The van der Waals surface area contributed by atoms with Crippen molar-refractivity contribution in [3.63, 3.8) is 0 Å². The van der Waals surface area contributed by atoms with E-state index in [4.69, 9.17) is 18.0 Å². The number of carbonyl (C=O) groups is 2. The fourth-order valence-electron chi connectivity index (χ4n) is 2.90. The van der Waals surface area contributed by atoms with Crippen LogP contribution in [0.1, 0.15) is 52.0 Å². The minimum atomic E-state index is -2.66. The van der Waals surface area contributed by atoms with Crippen LogP contribution in [0.15, 0.2) is 24.3 Å². The summed E-state index contributed by atoms with van der Waals surface area (Å²) in [5, 5.41) is 0. The van der Waals surface area contributed by atoms with Gasteiger partial charge in [-0.05, 0) is 57.4 Å². The second-order valence-corrected chi connectivity index (χ2v) is 9.30. The molecule has 1 aromatic carbocycles. The van der Waals surface area contributed by atoms with E-state index >= 15 is 0 Å². The van der Waals surface area contributed by atoms with E-state index in [-0.39, 0.29) is 12.2 Å². The van der Waals surface area contributed by atoms with Gasteiger partial charge in [0.25, 0.3) is 0 Å². The number of unbranched alkanes of at least 4 members (excludes halogenated alkanes) is 2. The zero-order valence-corrected chi connectivity index (χ0v) is 19.8. The Morgan fingerprint density at radius 3 is 2.19 bits per heavy atom. The highest BCUT2D eigenvalue weighted by Crippen LogP contribution is 2.22. The largest absolute Gasteiger partial charge is 0.500 e. The average molecular weight is 457 g/mol. The molecule has 0 radical (unpaired) electrons. The third kappa shape index (κ3) is 10.2. The summed E-state index contributed by atoms with van der Waals surface area (Å²) in [6, 6.07) is 4.77. The lowest BCUT2D eigenvalue weighted by Gasteiger charge is -2.28. The third-order valence-corrected chi connectivity index (χ3v) is 7.40. The van der Waals surface area contributed by atoms with E-state index in [9.17, 15) is 14.0 Å². The van der Waals surface area contributed by atoms with Crippen LogP contribution < -0.4 is 4.74 Å². The Morgan fingerprint density at radius 2 is 1.65 bits per heavy atom. The molecule has 0 amide bonds. The molecule has 0 fully saturated rings. The molecular weight excluding hydrogens is 423 g/mol. The molecule has 0 aliphatic heterocycles. The average Bonchev–Trinajstić information content (AvgIpc) is 2.74. The summed E-state index contributed by atoms with van der Waals surface area (Å²) in [7, 11) is -1.41. The molecule has 0 aliphatic rings. The Bertz CT molecular complexity index is 707. The maximum Gasteiger partial charge on any atom is 0.500 e. The van der Waals surface area contributed by atoms with Gasteiger partial charge in [-0.15, -0.1) is 0 Å². The maximum atomic E-state index is 14.1. The molecular formula is C22H33FO7Si. The monoisotopic (exact) mass is 456 g/mol. The predicted octanol–water partition coefficient (Wildman–Crippen LogP) is 4.53. The van der Waals surface area contributed by atoms with Crippen molar-refractivity contribution in [1.29, 1.82) is 0 Å². The molecule has 1 aromatic rings. The normalized spacial score (nSPS) is 11.6. The van der Waals surface area contributed by atoms with Crippen LogP contribution in [0.4, 0.5) is 4.39 Å². The number of carbonyl (C=O) groups excluding carboxylic acids is 2. The third-order valence-electron chi connectivity index (χ3n) is 4.25. The first-order valence-electron chi connectivity index (χ1n) is 10.6. The summed E-state index contributed by atoms with van der Waals surface area (Å²) in [5.41, 5.74) is 0.452. The van der Waals surface area contributed by atoms with Crippen molar-refractivity contribution in [1.82, 2.24) is 0 Å². The minimum Gasteiger partial charge on any atom is -0.466 e. The van der Waals surface area contributed by atoms with Gasteiger partial charge in [-0.25, -0.2) is 9.18 Å². The van der Waals surface area contributed by atoms with Crippen molar-refractivity contribution < 1.29 is 36.7 Å². The van der Waals surface area contributed by atoms with Crippen LogP contribution in [0.5, 0.6) is 5.75 Å². The number of esters is 2. The molecule has 0 atom stereocenters. The van der Waals surface area contributed by atoms with Crippen molar-refractivity contribution in [2.75, 3.05) is 26.9 Å². The lowest BCUT2D eigenvalue weighted by molar-refractivity contribution is -0.135. The van der Waals surface area contributed by atoms with Gasteiger partial charge in [0, 0.05) is 38.4 Å². The van der Waals surface area contributed by atoms with Crippen molar-refractivity contribution in [3.8, 4) is 5.75 Å². The van der Waals surface area contributed by atoms with Crippen LogP contribution in [0.25, 0.3) is 6.08 Å². The zero-order chi connectivity index (χ0) is 23.1. The van der Waals surface area contributed by atoms with E-state index in [2.05, 4.69) is 4.74 Å². The van der Waals surface area contributed by atoms with E-state index < -0.39 is 26.6 Å². The Morgan fingerprint density at radius 1 is 1.00 bits per heavy atom. The van der Waals surface area contributed by atoms with E-state index in [0.717, 1.165) is 12.8 Å². The lowest BCUT2D eigenvalue weighted by atomic mass is 10.2. The van der Waals surface area contributed by atoms with Gasteiger partial charge in [0.05, 0.1) is 7.11 Å². The molecule has 0 unspecified atom stereocenters. The molecule has 0 bridgehead atoms. The van der Waals surface area contributed by atoms with E-state index in [1.807, 2.05) is 20.8 Å². The van der Waals surface area contributed by atoms with Crippen molar-refractivity contribution in [2.24, 2.45) is 0 Å². The van der Waals surface area contributed by atoms with E-state index in [1.165, 1.54) is 31.4 Å². The van der Waals surface area contributed by atoms with Crippen molar-refractivity contribution in [2.45, 2.75) is 52.5 Å². The number of ether oxygens (including phenoxy) is 2. The predicted molar refractivity (Wildman–Crippen MR) is 117 cm³/mol. The molecule has 0 heterocycles. The highest BCUT2D eigenvalue weighted by atomic mass is 28.4. The highest BCUT2D eigenvalue weighted by molar-refractivity contribution is 6.60. The lowest BCUT2D eigenvalue weighted by Crippen LogP contribution is -2.45. The van der Waals surface area contributed by atoms with Gasteiger partial charge >= 0.3 is 20.7 Å². The molecule has 31 heavy (non-hydrogen) atoms. The van der Waals surface area contributed by atoms with Crippen LogP contribution in [0.3, 0.4) is 0 Å². The SMILES string of the molecule is CCO[Si](CCCCCC(=O)Oc1ccc(/C=C/C(=O)OC)cc1F)(OCC)OCC. The standard InChI is InChI=1S/C22H33FO7Si/c1-5-27-31(28-6-2,29-7-3)16-10-8-9-11-22(25)30-20-14-12-18(17-19(20)23)13-15-21(24)26-4/h12-15,17H,5-11,16H2,1-4H3/b15-13+. The first-order valence-corrected chi connectivity index (χ1v) is 12.5. The van der Waals surface area contributed by atoms with Crippen molar-refractivity contribution in [3.05, 3.63) is 35.7 Å². The summed E-state index contributed by atoms with van der Waals surface area (Å²) in [4.78, 5) is 23.1. The Balaban J connectivity index is 2.46. The molecule has 0 N–H and O–H groups in total. The fraction of sp³-hybridized carbons (Fsp3) is 0.545. The van der Waals surface area contributed by atoms with E-state index in [0.29, 0.717) is 37.8 Å². The summed E-state index contributed by atoms with van der Waals surface area (Å²) >= 11 is 0. The van der Waals surface area contributed by atoms with Gasteiger partial charge in [0.1, 0.15) is 0 Å².